The molecule has 0 bridgehead atoms. The highest BCUT2D eigenvalue weighted by atomic mass is 16.5. The van der Waals surface area contributed by atoms with E-state index in [9.17, 15) is 4.79 Å². The second-order valence-electron chi connectivity index (χ2n) is 3.34. The van der Waals surface area contributed by atoms with Crippen molar-refractivity contribution in [1.82, 2.24) is 4.90 Å². The van der Waals surface area contributed by atoms with Crippen molar-refractivity contribution in [3.8, 4) is 0 Å². The van der Waals surface area contributed by atoms with Crippen molar-refractivity contribution in [3.05, 3.63) is 0 Å². The molecule has 4 nitrogen and oxygen atoms in total. The summed E-state index contributed by atoms with van der Waals surface area (Å²) in [6.45, 7) is 13.8. The van der Waals surface area contributed by atoms with E-state index >= 15 is 0 Å². The van der Waals surface area contributed by atoms with E-state index in [1.54, 1.807) is 0 Å². The number of morpholine rings is 1. The van der Waals surface area contributed by atoms with Crippen LogP contribution in [0.2, 0.25) is 0 Å². The number of hydrogen-bond acceptors (Lipinski definition) is 4. The van der Waals surface area contributed by atoms with E-state index in [4.69, 9.17) is 10.5 Å². The number of nitrogens with zero attached hydrogens (tertiary/aromatic N) is 1. The van der Waals surface area contributed by atoms with Crippen LogP contribution in [0, 0.1) is 0 Å². The summed E-state index contributed by atoms with van der Waals surface area (Å²) in [5.74, 6) is 0.145. The Hall–Kier alpha value is -0.450. The Bertz CT molecular complexity index is 169. The van der Waals surface area contributed by atoms with E-state index in [1.807, 2.05) is 34.6 Å². The van der Waals surface area contributed by atoms with Gasteiger partial charge in [0.1, 0.15) is 0 Å². The molecule has 1 atom stereocenters. The van der Waals surface area contributed by atoms with Gasteiger partial charge < -0.3 is 10.5 Å². The van der Waals surface area contributed by atoms with Gasteiger partial charge in [0.05, 0.1) is 19.3 Å². The smallest absolute Gasteiger partial charge is 0.150 e. The van der Waals surface area contributed by atoms with Gasteiger partial charge in [-0.15, -0.1) is 0 Å². The summed E-state index contributed by atoms with van der Waals surface area (Å²) in [7, 11) is 0. The summed E-state index contributed by atoms with van der Waals surface area (Å²) in [5.41, 5.74) is 5.73. The predicted octanol–water partition coefficient (Wildman–Crippen LogP) is 1.68. The minimum Gasteiger partial charge on any atom is -0.379 e. The zero-order chi connectivity index (χ0) is 13.7. The standard InChI is InChI=1S/C9H18N2O2.2C2H6/c1-2-9(12)8(10)7-11-3-5-13-6-4-11;2*1-2/h8H,2-7,10H2,1H3;2*1-2H3. The number of hydrogen-bond donors (Lipinski definition) is 1. The number of carbonyl (C=O) groups is 1. The van der Waals surface area contributed by atoms with Crippen molar-refractivity contribution in [1.29, 1.82) is 0 Å². The fourth-order valence-electron chi connectivity index (χ4n) is 1.43. The number of Topliss-reactive ketones (excluding diaryl/α,β-unsaturated/α-hetero) is 1. The molecule has 0 aliphatic carbocycles. The molecule has 17 heavy (non-hydrogen) atoms. The van der Waals surface area contributed by atoms with Crippen LogP contribution in [-0.2, 0) is 9.53 Å². The van der Waals surface area contributed by atoms with Gasteiger partial charge in [0, 0.05) is 26.1 Å². The van der Waals surface area contributed by atoms with Crippen molar-refractivity contribution in [2.75, 3.05) is 32.8 Å². The first-order valence-electron chi connectivity index (χ1n) is 6.82. The second-order valence-corrected chi connectivity index (χ2v) is 3.34. The Balaban J connectivity index is 0. The van der Waals surface area contributed by atoms with Crippen LogP contribution in [0.25, 0.3) is 0 Å². The van der Waals surface area contributed by atoms with Crippen LogP contribution in [0.3, 0.4) is 0 Å². The molecular weight excluding hydrogens is 216 g/mol. The predicted molar refractivity (Wildman–Crippen MR) is 73.2 cm³/mol. The molecule has 104 valence electrons. The highest BCUT2D eigenvalue weighted by molar-refractivity contribution is 5.83. The van der Waals surface area contributed by atoms with Gasteiger partial charge in [-0.05, 0) is 0 Å². The van der Waals surface area contributed by atoms with Gasteiger partial charge in [-0.1, -0.05) is 34.6 Å². The molecular formula is C13H30N2O2. The number of nitrogens with two attached hydrogens (primary N) is 1. The van der Waals surface area contributed by atoms with Gasteiger partial charge in [-0.2, -0.15) is 0 Å². The highest BCUT2D eigenvalue weighted by Gasteiger charge is 2.17. The van der Waals surface area contributed by atoms with Crippen molar-refractivity contribution in [2.45, 2.75) is 47.1 Å². The van der Waals surface area contributed by atoms with Crippen LogP contribution in [0.15, 0.2) is 0 Å². The van der Waals surface area contributed by atoms with E-state index in [0.717, 1.165) is 26.3 Å². The Morgan fingerprint density at radius 2 is 1.71 bits per heavy atom. The van der Waals surface area contributed by atoms with Gasteiger partial charge in [0.25, 0.3) is 0 Å². The maximum absolute atomic E-state index is 11.2. The third-order valence-electron chi connectivity index (χ3n) is 2.32. The van der Waals surface area contributed by atoms with Crippen LogP contribution in [-0.4, -0.2) is 49.6 Å². The minimum absolute atomic E-state index is 0.145. The fourth-order valence-corrected chi connectivity index (χ4v) is 1.43. The number of ketones is 1. The Kier molecular flexibility index (Phi) is 15.1. The lowest BCUT2D eigenvalue weighted by Crippen LogP contribution is -2.46. The normalized spacial score (nSPS) is 17.1. The molecule has 1 saturated heterocycles. The van der Waals surface area contributed by atoms with Crippen LogP contribution < -0.4 is 5.73 Å². The topological polar surface area (TPSA) is 55.6 Å². The summed E-state index contributed by atoms with van der Waals surface area (Å²) in [5, 5.41) is 0. The largest absolute Gasteiger partial charge is 0.379 e. The summed E-state index contributed by atoms with van der Waals surface area (Å²) in [6, 6.07) is -0.317. The van der Waals surface area contributed by atoms with Crippen LogP contribution in [0.5, 0.6) is 0 Å². The molecule has 0 aromatic rings. The van der Waals surface area contributed by atoms with E-state index in [1.165, 1.54) is 0 Å². The summed E-state index contributed by atoms with van der Waals surface area (Å²) >= 11 is 0. The molecule has 2 N–H and O–H groups in total. The molecule has 0 amide bonds. The van der Waals surface area contributed by atoms with Crippen molar-refractivity contribution in [3.63, 3.8) is 0 Å². The molecule has 1 aliphatic heterocycles. The molecule has 1 fully saturated rings. The Labute approximate surface area is 106 Å². The molecule has 4 heteroatoms. The highest BCUT2D eigenvalue weighted by Crippen LogP contribution is 1.99. The number of carbonyl (C=O) groups excluding carboxylic acids is 1. The Morgan fingerprint density at radius 1 is 1.24 bits per heavy atom. The van der Waals surface area contributed by atoms with Crippen molar-refractivity contribution < 1.29 is 9.53 Å². The average molecular weight is 246 g/mol. The van der Waals surface area contributed by atoms with Crippen molar-refractivity contribution in [2.24, 2.45) is 5.73 Å². The van der Waals surface area contributed by atoms with Gasteiger partial charge >= 0.3 is 0 Å². The summed E-state index contributed by atoms with van der Waals surface area (Å²) < 4.78 is 5.20. The lowest BCUT2D eigenvalue weighted by Gasteiger charge is -2.28. The third-order valence-corrected chi connectivity index (χ3v) is 2.32. The molecule has 1 aliphatic rings. The van der Waals surface area contributed by atoms with Gasteiger partial charge in [0.2, 0.25) is 0 Å². The quantitative estimate of drug-likeness (QED) is 0.820. The molecule has 1 unspecified atom stereocenters. The van der Waals surface area contributed by atoms with Crippen LogP contribution in [0.1, 0.15) is 41.0 Å². The van der Waals surface area contributed by atoms with Gasteiger partial charge in [-0.3, -0.25) is 9.69 Å². The molecule has 0 aromatic carbocycles. The van der Waals surface area contributed by atoms with E-state index < -0.39 is 0 Å². The SMILES string of the molecule is CC.CC.CCC(=O)C(N)CN1CCOCC1. The summed E-state index contributed by atoms with van der Waals surface area (Å²) in [6.07, 6.45) is 0.533. The van der Waals surface area contributed by atoms with Crippen LogP contribution >= 0.6 is 0 Å². The monoisotopic (exact) mass is 246 g/mol. The van der Waals surface area contributed by atoms with E-state index in [0.29, 0.717) is 13.0 Å². The number of ether oxygens (including phenoxy) is 1. The fraction of sp³-hybridized carbons (Fsp3) is 0.923. The zero-order valence-electron chi connectivity index (χ0n) is 12.2. The molecule has 0 saturated carbocycles. The molecule has 1 rings (SSSR count). The maximum Gasteiger partial charge on any atom is 0.150 e. The maximum atomic E-state index is 11.2. The average Bonchev–Trinajstić information content (AvgIpc) is 2.43. The van der Waals surface area contributed by atoms with E-state index in [-0.39, 0.29) is 11.8 Å². The lowest BCUT2D eigenvalue weighted by molar-refractivity contribution is -0.120. The zero-order valence-corrected chi connectivity index (χ0v) is 12.2. The first-order valence-corrected chi connectivity index (χ1v) is 6.82. The lowest BCUT2D eigenvalue weighted by atomic mass is 10.1. The molecule has 0 aromatic heterocycles. The molecule has 1 heterocycles. The van der Waals surface area contributed by atoms with E-state index in [2.05, 4.69) is 4.90 Å². The molecule has 0 radical (unpaired) electrons. The van der Waals surface area contributed by atoms with Gasteiger partial charge in [0.15, 0.2) is 5.78 Å². The summed E-state index contributed by atoms with van der Waals surface area (Å²) in [4.78, 5) is 13.4. The second kappa shape index (κ2) is 13.6. The van der Waals surface area contributed by atoms with Crippen LogP contribution in [0.4, 0.5) is 0 Å². The number of rotatable bonds is 4. The van der Waals surface area contributed by atoms with Gasteiger partial charge in [-0.25, -0.2) is 0 Å². The third kappa shape index (κ3) is 9.27. The Morgan fingerprint density at radius 3 is 2.12 bits per heavy atom. The first kappa shape index (κ1) is 18.9. The molecule has 0 spiro atoms. The van der Waals surface area contributed by atoms with Crippen molar-refractivity contribution >= 4 is 5.78 Å². The first-order chi connectivity index (χ1) is 8.24. The minimum atomic E-state index is -0.317.